The van der Waals surface area contributed by atoms with Crippen molar-refractivity contribution in [2.45, 2.75) is 12.8 Å². The van der Waals surface area contributed by atoms with E-state index in [2.05, 4.69) is 29.2 Å². The van der Waals surface area contributed by atoms with E-state index in [0.717, 1.165) is 41.0 Å². The monoisotopic (exact) mass is 508 g/mol. The van der Waals surface area contributed by atoms with Crippen molar-refractivity contribution in [1.82, 2.24) is 14.9 Å². The van der Waals surface area contributed by atoms with Gasteiger partial charge in [-0.2, -0.15) is 0 Å². The van der Waals surface area contributed by atoms with Gasteiger partial charge in [-0.1, -0.05) is 60.7 Å². The fourth-order valence-corrected chi connectivity index (χ4v) is 4.72. The predicted octanol–water partition coefficient (Wildman–Crippen LogP) is 4.79. The van der Waals surface area contributed by atoms with Crippen molar-refractivity contribution in [1.29, 1.82) is 0 Å². The number of carbonyl (C=O) groups is 1. The van der Waals surface area contributed by atoms with Crippen LogP contribution in [-0.4, -0.2) is 61.2 Å². The summed E-state index contributed by atoms with van der Waals surface area (Å²) in [6.07, 6.45) is 5.11. The molecule has 0 saturated carbocycles. The highest BCUT2D eigenvalue weighted by molar-refractivity contribution is 5.93. The van der Waals surface area contributed by atoms with Crippen LogP contribution < -0.4 is 14.4 Å². The Hall–Kier alpha value is -4.39. The zero-order valence-electron chi connectivity index (χ0n) is 21.8. The molecular formula is C31H32N4O3. The molecule has 0 radical (unpaired) electrons. The van der Waals surface area contributed by atoms with Gasteiger partial charge in [0.1, 0.15) is 11.6 Å². The molecule has 4 aromatic rings. The van der Waals surface area contributed by atoms with Crippen LogP contribution in [0.15, 0.2) is 78.9 Å². The summed E-state index contributed by atoms with van der Waals surface area (Å²) in [5.41, 5.74) is 3.08. The number of anilines is 1. The topological polar surface area (TPSA) is 67.8 Å². The summed E-state index contributed by atoms with van der Waals surface area (Å²) in [5.74, 6) is 2.95. The van der Waals surface area contributed by atoms with E-state index in [-0.39, 0.29) is 5.91 Å². The molecule has 7 nitrogen and oxygen atoms in total. The molecule has 0 aliphatic carbocycles. The lowest BCUT2D eigenvalue weighted by Gasteiger charge is -2.35. The number of rotatable bonds is 8. The van der Waals surface area contributed by atoms with Crippen molar-refractivity contribution in [2.75, 3.05) is 45.3 Å². The summed E-state index contributed by atoms with van der Waals surface area (Å²) in [6, 6.07) is 24.1. The van der Waals surface area contributed by atoms with E-state index in [1.165, 1.54) is 5.56 Å². The van der Waals surface area contributed by atoms with E-state index in [4.69, 9.17) is 19.4 Å². The van der Waals surface area contributed by atoms with E-state index >= 15 is 0 Å². The van der Waals surface area contributed by atoms with Crippen LogP contribution in [0.3, 0.4) is 0 Å². The number of carbonyl (C=O) groups excluding carboxylic acids is 1. The molecule has 7 heteroatoms. The quantitative estimate of drug-likeness (QED) is 0.319. The van der Waals surface area contributed by atoms with Crippen LogP contribution in [-0.2, 0) is 17.6 Å². The molecule has 1 fully saturated rings. The number of nitrogens with zero attached hydrogens (tertiary/aromatic N) is 4. The molecule has 5 rings (SSSR count). The number of hydrogen-bond acceptors (Lipinski definition) is 6. The molecule has 1 amide bonds. The van der Waals surface area contributed by atoms with E-state index < -0.39 is 0 Å². The van der Waals surface area contributed by atoms with Gasteiger partial charge in [0, 0.05) is 50.1 Å². The van der Waals surface area contributed by atoms with Gasteiger partial charge in [0.05, 0.1) is 19.7 Å². The first kappa shape index (κ1) is 25.3. The van der Waals surface area contributed by atoms with Crippen molar-refractivity contribution in [3.63, 3.8) is 0 Å². The third-order valence-corrected chi connectivity index (χ3v) is 6.82. The van der Waals surface area contributed by atoms with Crippen LogP contribution >= 0.6 is 0 Å². The number of benzene rings is 3. The zero-order valence-corrected chi connectivity index (χ0v) is 21.8. The summed E-state index contributed by atoms with van der Waals surface area (Å²) >= 11 is 0. The Bertz CT molecular complexity index is 1420. The Labute approximate surface area is 223 Å². The molecular weight excluding hydrogens is 476 g/mol. The second-order valence-electron chi connectivity index (χ2n) is 9.23. The number of aromatic nitrogens is 2. The summed E-state index contributed by atoms with van der Waals surface area (Å²) < 4.78 is 11.1. The van der Waals surface area contributed by atoms with Crippen LogP contribution in [0.25, 0.3) is 17.0 Å². The van der Waals surface area contributed by atoms with E-state index in [1.54, 1.807) is 20.3 Å². The molecule has 0 N–H and O–H groups in total. The van der Waals surface area contributed by atoms with Crippen LogP contribution in [0.4, 0.5) is 5.82 Å². The average molecular weight is 509 g/mol. The Kier molecular flexibility index (Phi) is 7.83. The number of amides is 1. The predicted molar refractivity (Wildman–Crippen MR) is 151 cm³/mol. The number of ether oxygens (including phenoxy) is 2. The molecule has 1 aliphatic rings. The van der Waals surface area contributed by atoms with Crippen molar-refractivity contribution < 1.29 is 14.3 Å². The van der Waals surface area contributed by atoms with Gasteiger partial charge in [-0.15, -0.1) is 0 Å². The first-order valence-electron chi connectivity index (χ1n) is 12.9. The Balaban J connectivity index is 1.38. The van der Waals surface area contributed by atoms with Gasteiger partial charge in [-0.05, 0) is 29.7 Å². The van der Waals surface area contributed by atoms with E-state index in [9.17, 15) is 4.79 Å². The highest BCUT2D eigenvalue weighted by Crippen LogP contribution is 2.35. The first-order valence-corrected chi connectivity index (χ1v) is 12.9. The lowest BCUT2D eigenvalue weighted by Crippen LogP contribution is -2.48. The SMILES string of the molecule is COc1cc2nc(CCc3ccccc3)nc(N3CCN(C(=O)/C=C\c4ccccc4)CC3)c2cc1OC. The Morgan fingerprint density at radius 1 is 0.842 bits per heavy atom. The minimum Gasteiger partial charge on any atom is -0.493 e. The number of methoxy groups -OCH3 is 2. The zero-order chi connectivity index (χ0) is 26.3. The third kappa shape index (κ3) is 5.78. The van der Waals surface area contributed by atoms with Crippen molar-refractivity contribution in [3.8, 4) is 11.5 Å². The van der Waals surface area contributed by atoms with E-state index in [1.807, 2.05) is 59.5 Å². The molecule has 0 spiro atoms. The molecule has 2 heterocycles. The minimum absolute atomic E-state index is 0.0241. The molecule has 1 aromatic heterocycles. The molecule has 38 heavy (non-hydrogen) atoms. The van der Waals surface area contributed by atoms with Crippen LogP contribution in [0.5, 0.6) is 11.5 Å². The largest absolute Gasteiger partial charge is 0.493 e. The molecule has 0 unspecified atom stereocenters. The fourth-order valence-electron chi connectivity index (χ4n) is 4.72. The molecule has 1 saturated heterocycles. The maximum absolute atomic E-state index is 12.8. The highest BCUT2D eigenvalue weighted by Gasteiger charge is 2.24. The second kappa shape index (κ2) is 11.8. The maximum Gasteiger partial charge on any atom is 0.246 e. The molecule has 0 atom stereocenters. The molecule has 3 aromatic carbocycles. The standard InChI is InChI=1S/C31H32N4O3/c1-37-27-21-25-26(22-28(27)38-2)32-29(15-13-23-9-5-3-6-10-23)33-31(25)35-19-17-34(18-20-35)30(36)16-14-24-11-7-4-8-12-24/h3-12,14,16,21-22H,13,15,17-20H2,1-2H3/b16-14-. The van der Waals surface area contributed by atoms with Gasteiger partial charge in [-0.25, -0.2) is 9.97 Å². The number of aryl methyl sites for hydroxylation is 2. The van der Waals surface area contributed by atoms with Crippen molar-refractivity contribution in [3.05, 3.63) is 95.8 Å². The van der Waals surface area contributed by atoms with Crippen LogP contribution in [0.2, 0.25) is 0 Å². The molecule has 194 valence electrons. The summed E-state index contributed by atoms with van der Waals surface area (Å²) in [4.78, 5) is 26.8. The number of fused-ring (bicyclic) bond motifs is 1. The summed E-state index contributed by atoms with van der Waals surface area (Å²) in [6.45, 7) is 2.61. The summed E-state index contributed by atoms with van der Waals surface area (Å²) in [7, 11) is 3.26. The van der Waals surface area contributed by atoms with Crippen molar-refractivity contribution >= 4 is 28.7 Å². The van der Waals surface area contributed by atoms with Crippen molar-refractivity contribution in [2.24, 2.45) is 0 Å². The van der Waals surface area contributed by atoms with Gasteiger partial charge >= 0.3 is 0 Å². The fraction of sp³-hybridized carbons (Fsp3) is 0.258. The molecule has 0 bridgehead atoms. The van der Waals surface area contributed by atoms with Gasteiger partial charge in [0.2, 0.25) is 5.91 Å². The first-order chi connectivity index (χ1) is 18.6. The number of piperazine rings is 1. The maximum atomic E-state index is 12.8. The Morgan fingerprint density at radius 3 is 2.18 bits per heavy atom. The van der Waals surface area contributed by atoms with Gasteiger partial charge in [-0.3, -0.25) is 4.79 Å². The van der Waals surface area contributed by atoms with Gasteiger partial charge in [0.15, 0.2) is 11.5 Å². The highest BCUT2D eigenvalue weighted by atomic mass is 16.5. The number of hydrogen-bond donors (Lipinski definition) is 0. The lowest BCUT2D eigenvalue weighted by molar-refractivity contribution is -0.126. The van der Waals surface area contributed by atoms with E-state index in [0.29, 0.717) is 37.7 Å². The van der Waals surface area contributed by atoms with Crippen LogP contribution in [0.1, 0.15) is 17.0 Å². The molecule has 1 aliphatic heterocycles. The third-order valence-electron chi connectivity index (χ3n) is 6.82. The summed E-state index contributed by atoms with van der Waals surface area (Å²) in [5, 5.41) is 0.912. The van der Waals surface area contributed by atoms with Crippen LogP contribution in [0, 0.1) is 0 Å². The van der Waals surface area contributed by atoms with Gasteiger partial charge < -0.3 is 19.3 Å². The van der Waals surface area contributed by atoms with Gasteiger partial charge in [0.25, 0.3) is 0 Å². The Morgan fingerprint density at radius 2 is 1.50 bits per heavy atom. The lowest BCUT2D eigenvalue weighted by atomic mass is 10.1. The normalized spacial score (nSPS) is 13.7. The average Bonchev–Trinajstić information content (AvgIpc) is 2.98. The minimum atomic E-state index is 0.0241. The second-order valence-corrected chi connectivity index (χ2v) is 9.23. The smallest absolute Gasteiger partial charge is 0.246 e.